The first kappa shape index (κ1) is 10.8. The number of benzene rings is 1. The van der Waals surface area contributed by atoms with Gasteiger partial charge < -0.3 is 5.73 Å². The first-order valence-corrected chi connectivity index (χ1v) is 3.76. The summed E-state index contributed by atoms with van der Waals surface area (Å²) in [7, 11) is 1.50. The lowest BCUT2D eigenvalue weighted by Crippen LogP contribution is -1.79. The van der Waals surface area contributed by atoms with Crippen LogP contribution in [-0.4, -0.2) is 7.05 Å². The third-order valence-electron chi connectivity index (χ3n) is 1.29. The standard InChI is InChI=1S/C9H9F.CH5N/c1-2-3-8-4-6-9(10)7-5-8;1-2/h2,4-7H,1,3H2;2H2,1H3. The number of nitrogens with two attached hydrogens (primary N) is 1. The lowest BCUT2D eigenvalue weighted by Gasteiger charge is -1.93. The molecule has 2 heteroatoms. The molecule has 0 aliphatic carbocycles. The largest absolute Gasteiger partial charge is 0.333 e. The fourth-order valence-electron chi connectivity index (χ4n) is 0.787. The Morgan fingerprint density at radius 2 is 1.83 bits per heavy atom. The Hall–Kier alpha value is -1.15. The van der Waals surface area contributed by atoms with Crippen LogP contribution in [0.2, 0.25) is 0 Å². The number of allylic oxidation sites excluding steroid dienone is 1. The minimum absolute atomic E-state index is 0.187. The summed E-state index contributed by atoms with van der Waals surface area (Å²) in [6.07, 6.45) is 2.60. The van der Waals surface area contributed by atoms with Crippen LogP contribution in [0.1, 0.15) is 5.56 Å². The summed E-state index contributed by atoms with van der Waals surface area (Å²) < 4.78 is 12.3. The molecule has 0 aliphatic heterocycles. The third kappa shape index (κ3) is 3.88. The van der Waals surface area contributed by atoms with Crippen molar-refractivity contribution in [1.82, 2.24) is 0 Å². The zero-order chi connectivity index (χ0) is 9.40. The van der Waals surface area contributed by atoms with E-state index < -0.39 is 0 Å². The van der Waals surface area contributed by atoms with Crippen LogP contribution in [0.15, 0.2) is 36.9 Å². The summed E-state index contributed by atoms with van der Waals surface area (Å²) in [5, 5.41) is 0. The van der Waals surface area contributed by atoms with Gasteiger partial charge in [0.2, 0.25) is 0 Å². The fraction of sp³-hybridized carbons (Fsp3) is 0.200. The van der Waals surface area contributed by atoms with Crippen molar-refractivity contribution in [3.8, 4) is 0 Å². The number of hydrogen-bond donors (Lipinski definition) is 1. The van der Waals surface area contributed by atoms with E-state index in [1.54, 1.807) is 18.2 Å². The lowest BCUT2D eigenvalue weighted by atomic mass is 10.1. The maximum absolute atomic E-state index is 12.3. The highest BCUT2D eigenvalue weighted by molar-refractivity contribution is 5.17. The normalized spacial score (nSPS) is 8.25. The van der Waals surface area contributed by atoms with Crippen LogP contribution in [0.4, 0.5) is 4.39 Å². The SMILES string of the molecule is C=CCc1ccc(F)cc1.CN. The van der Waals surface area contributed by atoms with Crippen molar-refractivity contribution >= 4 is 0 Å². The van der Waals surface area contributed by atoms with E-state index in [9.17, 15) is 4.39 Å². The second-order valence-electron chi connectivity index (χ2n) is 2.12. The zero-order valence-corrected chi connectivity index (χ0v) is 7.26. The molecule has 1 aromatic carbocycles. The van der Waals surface area contributed by atoms with E-state index in [2.05, 4.69) is 12.3 Å². The van der Waals surface area contributed by atoms with Gasteiger partial charge in [0.1, 0.15) is 5.82 Å². The van der Waals surface area contributed by atoms with Crippen molar-refractivity contribution in [2.75, 3.05) is 7.05 Å². The van der Waals surface area contributed by atoms with Crippen molar-refractivity contribution in [1.29, 1.82) is 0 Å². The predicted octanol–water partition coefficient (Wildman–Crippen LogP) is 2.13. The van der Waals surface area contributed by atoms with Gasteiger partial charge in [-0.15, -0.1) is 6.58 Å². The smallest absolute Gasteiger partial charge is 0.123 e. The molecular formula is C10H14FN. The average molecular weight is 167 g/mol. The highest BCUT2D eigenvalue weighted by Crippen LogP contribution is 2.02. The second kappa shape index (κ2) is 6.55. The Kier molecular flexibility index (Phi) is 5.93. The molecule has 1 aromatic rings. The molecule has 0 aliphatic rings. The van der Waals surface area contributed by atoms with Crippen LogP contribution in [-0.2, 0) is 6.42 Å². The van der Waals surface area contributed by atoms with Gasteiger partial charge >= 0.3 is 0 Å². The predicted molar refractivity (Wildman–Crippen MR) is 50.4 cm³/mol. The van der Waals surface area contributed by atoms with E-state index in [4.69, 9.17) is 0 Å². The van der Waals surface area contributed by atoms with Crippen LogP contribution in [0.3, 0.4) is 0 Å². The highest BCUT2D eigenvalue weighted by Gasteiger charge is 1.88. The molecule has 0 saturated heterocycles. The van der Waals surface area contributed by atoms with E-state index in [1.165, 1.54) is 19.2 Å². The quantitative estimate of drug-likeness (QED) is 0.671. The number of hydrogen-bond acceptors (Lipinski definition) is 1. The molecule has 0 amide bonds. The van der Waals surface area contributed by atoms with Crippen LogP contribution in [0, 0.1) is 5.82 Å². The number of halogens is 1. The van der Waals surface area contributed by atoms with Gasteiger partial charge in [0.15, 0.2) is 0 Å². The molecular weight excluding hydrogens is 153 g/mol. The molecule has 0 bridgehead atoms. The highest BCUT2D eigenvalue weighted by atomic mass is 19.1. The van der Waals surface area contributed by atoms with Gasteiger partial charge in [0.05, 0.1) is 0 Å². The molecule has 0 radical (unpaired) electrons. The molecule has 0 spiro atoms. The maximum Gasteiger partial charge on any atom is 0.123 e. The molecule has 1 rings (SSSR count). The molecule has 0 unspecified atom stereocenters. The van der Waals surface area contributed by atoms with Gasteiger partial charge in [0, 0.05) is 0 Å². The van der Waals surface area contributed by atoms with Crippen LogP contribution < -0.4 is 5.73 Å². The molecule has 0 aromatic heterocycles. The van der Waals surface area contributed by atoms with E-state index in [0.717, 1.165) is 12.0 Å². The van der Waals surface area contributed by atoms with E-state index in [1.807, 2.05) is 0 Å². The topological polar surface area (TPSA) is 26.0 Å². The van der Waals surface area contributed by atoms with Gasteiger partial charge in [0.25, 0.3) is 0 Å². The molecule has 1 nitrogen and oxygen atoms in total. The van der Waals surface area contributed by atoms with E-state index in [0.29, 0.717) is 0 Å². The van der Waals surface area contributed by atoms with Crippen LogP contribution in [0.5, 0.6) is 0 Å². The summed E-state index contributed by atoms with van der Waals surface area (Å²) in [6, 6.07) is 6.44. The summed E-state index contributed by atoms with van der Waals surface area (Å²) in [4.78, 5) is 0. The van der Waals surface area contributed by atoms with E-state index in [-0.39, 0.29) is 5.82 Å². The molecule has 0 heterocycles. The molecule has 2 N–H and O–H groups in total. The zero-order valence-electron chi connectivity index (χ0n) is 7.26. The minimum atomic E-state index is -0.187. The Bertz CT molecular complexity index is 216. The second-order valence-corrected chi connectivity index (χ2v) is 2.12. The summed E-state index contributed by atoms with van der Waals surface area (Å²) in [5.41, 5.74) is 5.59. The number of rotatable bonds is 2. The van der Waals surface area contributed by atoms with Crippen molar-refractivity contribution in [2.45, 2.75) is 6.42 Å². The molecule has 0 saturated carbocycles. The minimum Gasteiger partial charge on any atom is -0.333 e. The first-order valence-electron chi connectivity index (χ1n) is 3.76. The Morgan fingerprint density at radius 3 is 2.25 bits per heavy atom. The first-order chi connectivity index (χ1) is 5.83. The van der Waals surface area contributed by atoms with Gasteiger partial charge in [-0.25, -0.2) is 4.39 Å². The van der Waals surface area contributed by atoms with Crippen molar-refractivity contribution in [3.05, 3.63) is 48.3 Å². The summed E-state index contributed by atoms with van der Waals surface area (Å²) in [6.45, 7) is 3.58. The Morgan fingerprint density at radius 1 is 1.33 bits per heavy atom. The maximum atomic E-state index is 12.3. The summed E-state index contributed by atoms with van der Waals surface area (Å²) in [5.74, 6) is -0.187. The third-order valence-corrected chi connectivity index (χ3v) is 1.29. The molecule has 12 heavy (non-hydrogen) atoms. The molecule has 66 valence electrons. The summed E-state index contributed by atoms with van der Waals surface area (Å²) >= 11 is 0. The van der Waals surface area contributed by atoms with Gasteiger partial charge in [-0.3, -0.25) is 0 Å². The Labute approximate surface area is 72.7 Å². The van der Waals surface area contributed by atoms with Gasteiger partial charge in [-0.1, -0.05) is 18.2 Å². The van der Waals surface area contributed by atoms with Crippen molar-refractivity contribution in [3.63, 3.8) is 0 Å². The molecule has 0 fully saturated rings. The van der Waals surface area contributed by atoms with Gasteiger partial charge in [-0.2, -0.15) is 0 Å². The fourth-order valence-corrected chi connectivity index (χ4v) is 0.787. The lowest BCUT2D eigenvalue weighted by molar-refractivity contribution is 0.627. The van der Waals surface area contributed by atoms with Crippen LogP contribution in [0.25, 0.3) is 0 Å². The van der Waals surface area contributed by atoms with E-state index >= 15 is 0 Å². The van der Waals surface area contributed by atoms with Gasteiger partial charge in [-0.05, 0) is 31.2 Å². The van der Waals surface area contributed by atoms with Crippen LogP contribution >= 0.6 is 0 Å². The Balaban J connectivity index is 0.000000561. The average Bonchev–Trinajstić information content (AvgIpc) is 2.13. The van der Waals surface area contributed by atoms with Crippen molar-refractivity contribution in [2.24, 2.45) is 5.73 Å². The van der Waals surface area contributed by atoms with Crippen molar-refractivity contribution < 1.29 is 4.39 Å². The molecule has 0 atom stereocenters. The monoisotopic (exact) mass is 167 g/mol.